The molecule has 1 heterocycles. The van der Waals surface area contributed by atoms with Crippen LogP contribution in [0.5, 0.6) is 0 Å². The molecular weight excluding hydrogens is 366 g/mol. The van der Waals surface area contributed by atoms with Crippen molar-refractivity contribution >= 4 is 35.3 Å². The number of hydrogen-bond acceptors (Lipinski definition) is 4. The van der Waals surface area contributed by atoms with Gasteiger partial charge in [-0.15, -0.1) is 0 Å². The van der Waals surface area contributed by atoms with E-state index in [2.05, 4.69) is 19.2 Å². The monoisotopic (exact) mass is 391 g/mol. The SMILES string of the molecule is CCC(C)c1ccc(N2C(=O)NC(=O)/C(=C/c3ccc(N(C)C)cc3)C2=O)cc1. The van der Waals surface area contributed by atoms with Crippen LogP contribution < -0.4 is 15.1 Å². The van der Waals surface area contributed by atoms with Crippen LogP contribution in [-0.4, -0.2) is 31.9 Å². The molecule has 3 rings (SSSR count). The Hall–Kier alpha value is -3.41. The van der Waals surface area contributed by atoms with Crippen LogP contribution in [0.15, 0.2) is 54.1 Å². The predicted molar refractivity (Wildman–Crippen MR) is 115 cm³/mol. The molecule has 6 heteroatoms. The van der Waals surface area contributed by atoms with Crippen molar-refractivity contribution in [3.8, 4) is 0 Å². The molecule has 1 saturated heterocycles. The normalized spacial score (nSPS) is 16.8. The van der Waals surface area contributed by atoms with Gasteiger partial charge in [-0.2, -0.15) is 0 Å². The molecule has 2 aromatic carbocycles. The highest BCUT2D eigenvalue weighted by Crippen LogP contribution is 2.26. The summed E-state index contributed by atoms with van der Waals surface area (Å²) in [7, 11) is 3.86. The average molecular weight is 391 g/mol. The van der Waals surface area contributed by atoms with E-state index in [-0.39, 0.29) is 5.57 Å². The molecule has 150 valence electrons. The summed E-state index contributed by atoms with van der Waals surface area (Å²) in [5.74, 6) is -0.937. The third-order valence-electron chi connectivity index (χ3n) is 5.15. The highest BCUT2D eigenvalue weighted by Gasteiger charge is 2.36. The second-order valence-electron chi connectivity index (χ2n) is 7.34. The van der Waals surface area contributed by atoms with Crippen LogP contribution in [0.4, 0.5) is 16.2 Å². The molecule has 0 aliphatic carbocycles. The van der Waals surface area contributed by atoms with Gasteiger partial charge in [0, 0.05) is 19.8 Å². The van der Waals surface area contributed by atoms with Crippen molar-refractivity contribution < 1.29 is 14.4 Å². The van der Waals surface area contributed by atoms with Crippen molar-refractivity contribution in [3.05, 3.63) is 65.2 Å². The Balaban J connectivity index is 1.91. The number of anilines is 2. The van der Waals surface area contributed by atoms with E-state index in [4.69, 9.17) is 0 Å². The summed E-state index contributed by atoms with van der Waals surface area (Å²) >= 11 is 0. The van der Waals surface area contributed by atoms with Crippen LogP contribution in [-0.2, 0) is 9.59 Å². The zero-order chi connectivity index (χ0) is 21.1. The van der Waals surface area contributed by atoms with Gasteiger partial charge in [-0.25, -0.2) is 9.69 Å². The first kappa shape index (κ1) is 20.3. The first-order chi connectivity index (χ1) is 13.8. The molecule has 6 nitrogen and oxygen atoms in total. The highest BCUT2D eigenvalue weighted by molar-refractivity contribution is 6.39. The molecule has 0 spiro atoms. The Bertz CT molecular complexity index is 960. The minimum Gasteiger partial charge on any atom is -0.378 e. The van der Waals surface area contributed by atoms with Gasteiger partial charge in [0.2, 0.25) is 0 Å². The number of rotatable bonds is 5. The number of imide groups is 2. The van der Waals surface area contributed by atoms with Crippen LogP contribution >= 0.6 is 0 Å². The Labute approximate surface area is 170 Å². The lowest BCUT2D eigenvalue weighted by Gasteiger charge is -2.26. The molecule has 0 aromatic heterocycles. The van der Waals surface area contributed by atoms with Crippen LogP contribution in [0.25, 0.3) is 6.08 Å². The lowest BCUT2D eigenvalue weighted by Crippen LogP contribution is -2.54. The van der Waals surface area contributed by atoms with E-state index in [9.17, 15) is 14.4 Å². The number of hydrogen-bond donors (Lipinski definition) is 1. The zero-order valence-electron chi connectivity index (χ0n) is 17.1. The molecule has 2 aromatic rings. The van der Waals surface area contributed by atoms with Crippen molar-refractivity contribution in [1.82, 2.24) is 5.32 Å². The molecule has 0 radical (unpaired) electrons. The lowest BCUT2D eigenvalue weighted by atomic mass is 9.98. The fraction of sp³-hybridized carbons (Fsp3) is 0.261. The van der Waals surface area contributed by atoms with Gasteiger partial charge in [-0.3, -0.25) is 14.9 Å². The highest BCUT2D eigenvalue weighted by atomic mass is 16.2. The minimum absolute atomic E-state index is 0.0757. The summed E-state index contributed by atoms with van der Waals surface area (Å²) < 4.78 is 0. The van der Waals surface area contributed by atoms with Gasteiger partial charge in [-0.1, -0.05) is 38.1 Å². The summed E-state index contributed by atoms with van der Waals surface area (Å²) in [6.07, 6.45) is 2.50. The maximum absolute atomic E-state index is 13.0. The molecule has 1 aliphatic heterocycles. The van der Waals surface area contributed by atoms with Crippen molar-refractivity contribution in [2.24, 2.45) is 0 Å². The van der Waals surface area contributed by atoms with E-state index in [0.29, 0.717) is 17.2 Å². The number of urea groups is 1. The fourth-order valence-electron chi connectivity index (χ4n) is 3.11. The first-order valence-electron chi connectivity index (χ1n) is 9.60. The van der Waals surface area contributed by atoms with E-state index in [0.717, 1.165) is 22.6 Å². The van der Waals surface area contributed by atoms with E-state index in [1.807, 2.05) is 55.4 Å². The average Bonchev–Trinajstić information content (AvgIpc) is 2.71. The minimum atomic E-state index is -0.739. The van der Waals surface area contributed by atoms with Crippen LogP contribution in [0.1, 0.15) is 37.3 Å². The number of barbiturate groups is 1. The van der Waals surface area contributed by atoms with Crippen molar-refractivity contribution in [2.45, 2.75) is 26.2 Å². The quantitative estimate of drug-likeness (QED) is 0.619. The summed E-state index contributed by atoms with van der Waals surface area (Å²) in [6, 6.07) is 14.0. The second kappa shape index (κ2) is 8.31. The van der Waals surface area contributed by atoms with Gasteiger partial charge >= 0.3 is 6.03 Å². The predicted octanol–water partition coefficient (Wildman–Crippen LogP) is 3.93. The Kier molecular flexibility index (Phi) is 5.82. The molecular formula is C23H25N3O3. The van der Waals surface area contributed by atoms with Crippen molar-refractivity contribution in [1.29, 1.82) is 0 Å². The van der Waals surface area contributed by atoms with E-state index < -0.39 is 17.8 Å². The smallest absolute Gasteiger partial charge is 0.335 e. The fourth-order valence-corrected chi connectivity index (χ4v) is 3.11. The summed E-state index contributed by atoms with van der Waals surface area (Å²) in [5.41, 5.74) is 3.20. The number of amides is 4. The summed E-state index contributed by atoms with van der Waals surface area (Å²) in [4.78, 5) is 40.6. The number of carbonyl (C=O) groups excluding carboxylic acids is 3. The number of carbonyl (C=O) groups is 3. The van der Waals surface area contributed by atoms with E-state index in [1.165, 1.54) is 6.08 Å². The summed E-state index contributed by atoms with van der Waals surface area (Å²) in [6.45, 7) is 4.22. The first-order valence-corrected chi connectivity index (χ1v) is 9.60. The molecule has 0 saturated carbocycles. The Morgan fingerprint density at radius 3 is 2.17 bits per heavy atom. The van der Waals surface area contributed by atoms with Gasteiger partial charge in [0.1, 0.15) is 5.57 Å². The van der Waals surface area contributed by atoms with Crippen LogP contribution in [0.3, 0.4) is 0 Å². The second-order valence-corrected chi connectivity index (χ2v) is 7.34. The van der Waals surface area contributed by atoms with E-state index in [1.54, 1.807) is 12.1 Å². The maximum Gasteiger partial charge on any atom is 0.335 e. The third kappa shape index (κ3) is 4.21. The number of nitrogens with zero attached hydrogens (tertiary/aromatic N) is 2. The van der Waals surface area contributed by atoms with Crippen LogP contribution in [0, 0.1) is 0 Å². The zero-order valence-corrected chi connectivity index (χ0v) is 17.1. The Morgan fingerprint density at radius 2 is 1.62 bits per heavy atom. The molecule has 1 aliphatic rings. The van der Waals surface area contributed by atoms with Crippen LogP contribution in [0.2, 0.25) is 0 Å². The van der Waals surface area contributed by atoms with Gasteiger partial charge in [-0.05, 0) is 53.8 Å². The molecule has 1 fully saturated rings. The standard InChI is InChI=1S/C23H25N3O3/c1-5-15(2)17-8-12-19(13-9-17)26-22(28)20(21(27)24-23(26)29)14-16-6-10-18(11-7-16)25(3)4/h6-15H,5H2,1-4H3,(H,24,27,29)/b20-14-. The topological polar surface area (TPSA) is 69.7 Å². The number of benzene rings is 2. The molecule has 0 bridgehead atoms. The van der Waals surface area contributed by atoms with Crippen molar-refractivity contribution in [2.75, 3.05) is 23.9 Å². The molecule has 29 heavy (non-hydrogen) atoms. The van der Waals surface area contributed by atoms with Gasteiger partial charge in [0.05, 0.1) is 5.69 Å². The van der Waals surface area contributed by atoms with E-state index >= 15 is 0 Å². The van der Waals surface area contributed by atoms with Crippen molar-refractivity contribution in [3.63, 3.8) is 0 Å². The summed E-state index contributed by atoms with van der Waals surface area (Å²) in [5, 5.41) is 2.26. The molecule has 4 amide bonds. The van der Waals surface area contributed by atoms with Gasteiger partial charge in [0.25, 0.3) is 11.8 Å². The van der Waals surface area contributed by atoms with Gasteiger partial charge in [0.15, 0.2) is 0 Å². The van der Waals surface area contributed by atoms with Gasteiger partial charge < -0.3 is 4.90 Å². The Morgan fingerprint density at radius 1 is 1.00 bits per heavy atom. The number of nitrogens with one attached hydrogen (secondary N) is 1. The largest absolute Gasteiger partial charge is 0.378 e. The maximum atomic E-state index is 13.0. The molecule has 1 atom stereocenters. The molecule has 1 unspecified atom stereocenters. The third-order valence-corrected chi connectivity index (χ3v) is 5.15. The molecule has 1 N–H and O–H groups in total. The lowest BCUT2D eigenvalue weighted by molar-refractivity contribution is -0.122.